The van der Waals surface area contributed by atoms with Gasteiger partial charge in [-0.15, -0.1) is 0 Å². The van der Waals surface area contributed by atoms with Crippen molar-refractivity contribution >= 4 is 34.3 Å². The first-order valence-electron chi connectivity index (χ1n) is 5.97. The van der Waals surface area contributed by atoms with E-state index in [-0.39, 0.29) is 6.03 Å². The Morgan fingerprint density at radius 1 is 1.47 bits per heavy atom. The molecule has 0 aromatic heterocycles. The van der Waals surface area contributed by atoms with Crippen LogP contribution in [-0.2, 0) is 0 Å². The topological polar surface area (TPSA) is 32.3 Å². The summed E-state index contributed by atoms with van der Waals surface area (Å²) in [5, 5.41) is 2.98. The van der Waals surface area contributed by atoms with Crippen molar-refractivity contribution in [3.8, 4) is 0 Å². The summed E-state index contributed by atoms with van der Waals surface area (Å²) >= 11 is 2.24. The number of piperidine rings is 1. The van der Waals surface area contributed by atoms with E-state index in [0.29, 0.717) is 5.92 Å². The molecule has 0 unspecified atom stereocenters. The number of hydrogen-bond donors (Lipinski definition) is 1. The second-order valence-corrected chi connectivity index (χ2v) is 5.77. The first-order chi connectivity index (χ1) is 8.16. The number of nitrogens with zero attached hydrogens (tertiary/aromatic N) is 1. The zero-order valence-corrected chi connectivity index (χ0v) is 12.1. The minimum Gasteiger partial charge on any atom is -0.324 e. The summed E-state index contributed by atoms with van der Waals surface area (Å²) in [6.07, 6.45) is 2.34. The second kappa shape index (κ2) is 5.71. The first-order valence-corrected chi connectivity index (χ1v) is 7.05. The van der Waals surface area contributed by atoms with Crippen LogP contribution in [0.5, 0.6) is 0 Å². The molecule has 1 aliphatic rings. The number of halogens is 1. The number of benzene rings is 1. The molecule has 1 aliphatic heterocycles. The van der Waals surface area contributed by atoms with Crippen LogP contribution >= 0.6 is 22.6 Å². The molecule has 3 nitrogen and oxygen atoms in total. The molecule has 4 heteroatoms. The van der Waals surface area contributed by atoms with E-state index in [9.17, 15) is 4.79 Å². The third kappa shape index (κ3) is 3.34. The van der Waals surface area contributed by atoms with Crippen LogP contribution in [0.25, 0.3) is 0 Å². The van der Waals surface area contributed by atoms with E-state index in [1.54, 1.807) is 0 Å². The number of hydrogen-bond acceptors (Lipinski definition) is 1. The predicted molar refractivity (Wildman–Crippen MR) is 78.1 cm³/mol. The Labute approximate surface area is 116 Å². The predicted octanol–water partition coefficient (Wildman–Crippen LogP) is 3.56. The van der Waals surface area contributed by atoms with Crippen molar-refractivity contribution in [2.24, 2.45) is 5.92 Å². The molecule has 0 bridgehead atoms. The van der Waals surface area contributed by atoms with Crippen molar-refractivity contribution in [2.45, 2.75) is 19.8 Å². The second-order valence-electron chi connectivity index (χ2n) is 4.60. The molecule has 1 aromatic carbocycles. The summed E-state index contributed by atoms with van der Waals surface area (Å²) in [5.41, 5.74) is 0.899. The molecular weight excluding hydrogens is 327 g/mol. The molecule has 1 fully saturated rings. The van der Waals surface area contributed by atoms with Gasteiger partial charge in [0.05, 0.1) is 5.69 Å². The van der Waals surface area contributed by atoms with Crippen LogP contribution in [0.3, 0.4) is 0 Å². The Kier molecular flexibility index (Phi) is 4.25. The molecule has 0 saturated carbocycles. The number of likely N-dealkylation sites (tertiary alicyclic amines) is 1. The van der Waals surface area contributed by atoms with Crippen molar-refractivity contribution < 1.29 is 4.79 Å². The number of carbonyl (C=O) groups is 1. The largest absolute Gasteiger partial charge is 0.324 e. The van der Waals surface area contributed by atoms with E-state index < -0.39 is 0 Å². The van der Waals surface area contributed by atoms with Gasteiger partial charge in [-0.05, 0) is 53.5 Å². The molecule has 1 aromatic rings. The Morgan fingerprint density at radius 2 is 2.24 bits per heavy atom. The molecule has 0 aliphatic carbocycles. The average molecular weight is 344 g/mol. The highest BCUT2D eigenvalue weighted by molar-refractivity contribution is 14.1. The fraction of sp³-hybridized carbons (Fsp3) is 0.462. The average Bonchev–Trinajstić information content (AvgIpc) is 2.32. The third-order valence-electron chi connectivity index (χ3n) is 3.06. The van der Waals surface area contributed by atoms with Crippen LogP contribution in [0.15, 0.2) is 24.3 Å². The van der Waals surface area contributed by atoms with Gasteiger partial charge in [0.15, 0.2) is 0 Å². The van der Waals surface area contributed by atoms with Gasteiger partial charge >= 0.3 is 6.03 Å². The lowest BCUT2D eigenvalue weighted by molar-refractivity contribution is 0.182. The summed E-state index contributed by atoms with van der Waals surface area (Å²) in [7, 11) is 0. The van der Waals surface area contributed by atoms with Gasteiger partial charge in [-0.2, -0.15) is 0 Å². The molecule has 17 heavy (non-hydrogen) atoms. The van der Waals surface area contributed by atoms with Crippen LogP contribution in [0.2, 0.25) is 0 Å². The molecule has 0 spiro atoms. The lowest BCUT2D eigenvalue weighted by Gasteiger charge is -2.31. The van der Waals surface area contributed by atoms with E-state index >= 15 is 0 Å². The van der Waals surface area contributed by atoms with Gasteiger partial charge in [0.1, 0.15) is 0 Å². The van der Waals surface area contributed by atoms with Crippen LogP contribution in [0.1, 0.15) is 19.8 Å². The van der Waals surface area contributed by atoms with Gasteiger partial charge in [0.25, 0.3) is 0 Å². The van der Waals surface area contributed by atoms with Gasteiger partial charge in [0.2, 0.25) is 0 Å². The molecular formula is C13H17IN2O. The van der Waals surface area contributed by atoms with Gasteiger partial charge in [-0.1, -0.05) is 19.1 Å². The van der Waals surface area contributed by atoms with Gasteiger partial charge in [0, 0.05) is 16.7 Å². The smallest absolute Gasteiger partial charge is 0.321 e. The first kappa shape index (κ1) is 12.7. The van der Waals surface area contributed by atoms with Crippen molar-refractivity contribution in [3.63, 3.8) is 0 Å². The molecule has 1 saturated heterocycles. The van der Waals surface area contributed by atoms with Crippen LogP contribution < -0.4 is 5.32 Å². The lowest BCUT2D eigenvalue weighted by atomic mass is 10.0. The van der Waals surface area contributed by atoms with Crippen molar-refractivity contribution in [1.82, 2.24) is 4.90 Å². The number of nitrogens with one attached hydrogen (secondary N) is 1. The Bertz CT molecular complexity index is 408. The molecule has 1 N–H and O–H groups in total. The van der Waals surface area contributed by atoms with E-state index in [4.69, 9.17) is 0 Å². The molecule has 1 atom stereocenters. The van der Waals surface area contributed by atoms with Crippen molar-refractivity contribution in [2.75, 3.05) is 18.4 Å². The van der Waals surface area contributed by atoms with Crippen LogP contribution in [-0.4, -0.2) is 24.0 Å². The number of urea groups is 1. The lowest BCUT2D eigenvalue weighted by Crippen LogP contribution is -2.41. The van der Waals surface area contributed by atoms with E-state index in [2.05, 4.69) is 34.8 Å². The van der Waals surface area contributed by atoms with Crippen LogP contribution in [0.4, 0.5) is 10.5 Å². The fourth-order valence-electron chi connectivity index (χ4n) is 2.13. The zero-order valence-electron chi connectivity index (χ0n) is 9.95. The Morgan fingerprint density at radius 3 is 2.94 bits per heavy atom. The quantitative estimate of drug-likeness (QED) is 0.777. The Hall–Kier alpha value is -0.780. The summed E-state index contributed by atoms with van der Waals surface area (Å²) in [6, 6.07) is 7.87. The van der Waals surface area contributed by atoms with E-state index in [1.807, 2.05) is 29.2 Å². The Balaban J connectivity index is 1.99. The standard InChI is InChI=1S/C13H17IN2O/c1-10-5-4-8-16(9-10)13(17)15-12-7-3-2-6-11(12)14/h2-3,6-7,10H,4-5,8-9H2,1H3,(H,15,17)/t10-/m1/s1. The van der Waals surface area contributed by atoms with Gasteiger partial charge in [-0.25, -0.2) is 4.79 Å². The number of amides is 2. The van der Waals surface area contributed by atoms with E-state index in [0.717, 1.165) is 28.8 Å². The van der Waals surface area contributed by atoms with Crippen molar-refractivity contribution in [3.05, 3.63) is 27.8 Å². The highest BCUT2D eigenvalue weighted by atomic mass is 127. The molecule has 1 heterocycles. The highest BCUT2D eigenvalue weighted by Crippen LogP contribution is 2.20. The number of para-hydroxylation sites is 1. The summed E-state index contributed by atoms with van der Waals surface area (Å²) in [5.74, 6) is 0.615. The highest BCUT2D eigenvalue weighted by Gasteiger charge is 2.21. The number of anilines is 1. The minimum atomic E-state index is 0.0284. The summed E-state index contributed by atoms with van der Waals surface area (Å²) in [4.78, 5) is 14.0. The maximum absolute atomic E-state index is 12.1. The fourth-order valence-corrected chi connectivity index (χ4v) is 2.65. The minimum absolute atomic E-state index is 0.0284. The molecule has 2 rings (SSSR count). The maximum atomic E-state index is 12.1. The monoisotopic (exact) mass is 344 g/mol. The summed E-state index contributed by atoms with van der Waals surface area (Å²) < 4.78 is 1.07. The number of rotatable bonds is 1. The van der Waals surface area contributed by atoms with Crippen LogP contribution in [0, 0.1) is 9.49 Å². The molecule has 2 amide bonds. The summed E-state index contributed by atoms with van der Waals surface area (Å²) in [6.45, 7) is 3.94. The zero-order chi connectivity index (χ0) is 12.3. The number of carbonyl (C=O) groups excluding carboxylic acids is 1. The molecule has 92 valence electrons. The van der Waals surface area contributed by atoms with E-state index in [1.165, 1.54) is 6.42 Å². The van der Waals surface area contributed by atoms with Gasteiger partial charge in [-0.3, -0.25) is 0 Å². The van der Waals surface area contributed by atoms with Gasteiger partial charge < -0.3 is 10.2 Å². The van der Waals surface area contributed by atoms with Crippen molar-refractivity contribution in [1.29, 1.82) is 0 Å². The normalized spacial score (nSPS) is 20.1. The third-order valence-corrected chi connectivity index (χ3v) is 4.00. The SMILES string of the molecule is C[C@@H]1CCCN(C(=O)Nc2ccccc2I)C1. The maximum Gasteiger partial charge on any atom is 0.321 e. The molecule has 0 radical (unpaired) electrons.